The molecule has 0 saturated carbocycles. The van der Waals surface area contributed by atoms with Crippen molar-refractivity contribution in [3.8, 4) is 0 Å². The smallest absolute Gasteiger partial charge is 0.227 e. The molecule has 2 N–H and O–H groups in total. The maximum absolute atomic E-state index is 12.1. The van der Waals surface area contributed by atoms with Gasteiger partial charge in [-0.1, -0.05) is 0 Å². The number of rotatable bonds is 4. The normalized spacial score (nSPS) is 23.8. The second-order valence-corrected chi connectivity index (χ2v) is 5.62. The molecule has 0 radical (unpaired) electrons. The van der Waals surface area contributed by atoms with Crippen LogP contribution in [-0.4, -0.2) is 58.3 Å². The molecule has 1 aliphatic rings. The Morgan fingerprint density at radius 1 is 1.55 bits per heavy atom. The fourth-order valence-electron chi connectivity index (χ4n) is 2.56. The maximum atomic E-state index is 12.1. The summed E-state index contributed by atoms with van der Waals surface area (Å²) in [6.45, 7) is 6.72. The molecule has 2 rings (SSSR count). The molecule has 0 aliphatic carbocycles. The Balaban J connectivity index is 1.81. The minimum Gasteiger partial charge on any atom is -0.392 e. The number of amides is 1. The summed E-state index contributed by atoms with van der Waals surface area (Å²) in [5, 5.41) is 12.8. The highest BCUT2D eigenvalue weighted by molar-refractivity contribution is 5.79. The van der Waals surface area contributed by atoms with Gasteiger partial charge in [-0.05, 0) is 27.3 Å². The summed E-state index contributed by atoms with van der Waals surface area (Å²) in [4.78, 5) is 18.4. The van der Waals surface area contributed by atoms with Crippen LogP contribution in [0.5, 0.6) is 0 Å². The van der Waals surface area contributed by atoms with E-state index in [1.165, 1.54) is 0 Å². The molecule has 0 bridgehead atoms. The second-order valence-electron chi connectivity index (χ2n) is 5.62. The molecule has 6 heteroatoms. The van der Waals surface area contributed by atoms with Crippen LogP contribution < -0.4 is 5.32 Å². The van der Waals surface area contributed by atoms with E-state index in [9.17, 15) is 9.90 Å². The molecule has 2 heterocycles. The van der Waals surface area contributed by atoms with Crippen LogP contribution in [0, 0.1) is 19.8 Å². The van der Waals surface area contributed by atoms with Crippen LogP contribution in [0.1, 0.15) is 17.8 Å². The average Bonchev–Trinajstić information content (AvgIpc) is 2.73. The molecule has 0 spiro atoms. The number of carbonyl (C=O) groups excluding carboxylic acids is 1. The number of piperidine rings is 1. The van der Waals surface area contributed by atoms with E-state index < -0.39 is 6.10 Å². The molecule has 1 aliphatic heterocycles. The van der Waals surface area contributed by atoms with Gasteiger partial charge in [0, 0.05) is 31.9 Å². The van der Waals surface area contributed by atoms with E-state index in [2.05, 4.69) is 15.2 Å². The van der Waals surface area contributed by atoms with E-state index in [0.29, 0.717) is 26.1 Å². The minimum absolute atomic E-state index is 0.0569. The average molecular weight is 280 g/mol. The van der Waals surface area contributed by atoms with Crippen molar-refractivity contribution >= 4 is 5.91 Å². The number of aliphatic hydroxyl groups is 1. The molecule has 1 aromatic heterocycles. The van der Waals surface area contributed by atoms with Gasteiger partial charge in [0.25, 0.3) is 0 Å². The zero-order chi connectivity index (χ0) is 14.7. The molecule has 0 aromatic carbocycles. The third-order valence-electron chi connectivity index (χ3n) is 4.11. The van der Waals surface area contributed by atoms with Crippen molar-refractivity contribution in [2.45, 2.75) is 32.9 Å². The van der Waals surface area contributed by atoms with Crippen LogP contribution >= 0.6 is 0 Å². The van der Waals surface area contributed by atoms with E-state index in [4.69, 9.17) is 0 Å². The summed E-state index contributed by atoms with van der Waals surface area (Å²) in [7, 11) is 1.98. The van der Waals surface area contributed by atoms with E-state index in [-0.39, 0.29) is 11.8 Å². The highest BCUT2D eigenvalue weighted by atomic mass is 16.3. The number of hydrogen-bond donors (Lipinski definition) is 2. The van der Waals surface area contributed by atoms with Crippen molar-refractivity contribution in [1.82, 2.24) is 19.8 Å². The lowest BCUT2D eigenvalue weighted by atomic mass is 9.94. The number of nitrogens with one attached hydrogen (secondary N) is 1. The van der Waals surface area contributed by atoms with Gasteiger partial charge in [-0.15, -0.1) is 0 Å². The zero-order valence-corrected chi connectivity index (χ0v) is 12.5. The Hall–Kier alpha value is -1.40. The second kappa shape index (κ2) is 6.37. The van der Waals surface area contributed by atoms with Crippen LogP contribution in [-0.2, 0) is 11.3 Å². The van der Waals surface area contributed by atoms with Gasteiger partial charge in [-0.3, -0.25) is 4.79 Å². The molecule has 1 amide bonds. The first-order valence-corrected chi connectivity index (χ1v) is 7.11. The quantitative estimate of drug-likeness (QED) is 0.810. The number of aromatic nitrogens is 2. The minimum atomic E-state index is -0.525. The van der Waals surface area contributed by atoms with Crippen LogP contribution in [0.3, 0.4) is 0 Å². The van der Waals surface area contributed by atoms with Crippen molar-refractivity contribution < 1.29 is 9.90 Å². The molecular weight excluding hydrogens is 256 g/mol. The van der Waals surface area contributed by atoms with Gasteiger partial charge in [-0.25, -0.2) is 4.98 Å². The van der Waals surface area contributed by atoms with Crippen molar-refractivity contribution in [3.05, 3.63) is 17.7 Å². The van der Waals surface area contributed by atoms with E-state index in [0.717, 1.165) is 17.9 Å². The van der Waals surface area contributed by atoms with Crippen molar-refractivity contribution in [1.29, 1.82) is 0 Å². The number of carbonyl (C=O) groups is 1. The molecule has 1 aromatic rings. The third kappa shape index (κ3) is 3.37. The topological polar surface area (TPSA) is 70.4 Å². The van der Waals surface area contributed by atoms with Gasteiger partial charge in [0.05, 0.1) is 24.0 Å². The third-order valence-corrected chi connectivity index (χ3v) is 4.11. The van der Waals surface area contributed by atoms with Crippen molar-refractivity contribution in [2.75, 3.05) is 26.7 Å². The van der Waals surface area contributed by atoms with Crippen LogP contribution in [0.4, 0.5) is 0 Å². The molecule has 6 nitrogen and oxygen atoms in total. The van der Waals surface area contributed by atoms with Crippen molar-refractivity contribution in [3.63, 3.8) is 0 Å². The fourth-order valence-corrected chi connectivity index (χ4v) is 2.56. The highest BCUT2D eigenvalue weighted by Crippen LogP contribution is 2.16. The predicted molar refractivity (Wildman–Crippen MR) is 76.3 cm³/mol. The van der Waals surface area contributed by atoms with E-state index in [1.807, 2.05) is 25.5 Å². The summed E-state index contributed by atoms with van der Waals surface area (Å²) in [5.74, 6) is -0.377. The summed E-state index contributed by atoms with van der Waals surface area (Å²) in [6, 6.07) is 0. The van der Waals surface area contributed by atoms with Gasteiger partial charge < -0.3 is 19.9 Å². The van der Waals surface area contributed by atoms with Gasteiger partial charge in [0.15, 0.2) is 0 Å². The Morgan fingerprint density at radius 3 is 2.95 bits per heavy atom. The van der Waals surface area contributed by atoms with Gasteiger partial charge in [0.1, 0.15) is 0 Å². The maximum Gasteiger partial charge on any atom is 0.227 e. The Labute approximate surface area is 119 Å². The molecule has 0 unspecified atom stereocenters. The number of imidazole rings is 1. The zero-order valence-electron chi connectivity index (χ0n) is 12.5. The highest BCUT2D eigenvalue weighted by Gasteiger charge is 2.31. The first-order chi connectivity index (χ1) is 9.49. The Kier molecular flexibility index (Phi) is 4.77. The summed E-state index contributed by atoms with van der Waals surface area (Å²) >= 11 is 0. The molecule has 20 heavy (non-hydrogen) atoms. The summed E-state index contributed by atoms with van der Waals surface area (Å²) in [5.41, 5.74) is 2.14. The SMILES string of the molecule is Cc1ncn(CCNC(=O)[C@@H]2CN(C)CC[C@@H]2O)c1C. The molecule has 2 atom stereocenters. The summed E-state index contributed by atoms with van der Waals surface area (Å²) < 4.78 is 2.03. The molecule has 1 fully saturated rings. The first-order valence-electron chi connectivity index (χ1n) is 7.11. The van der Waals surface area contributed by atoms with Crippen LogP contribution in [0.25, 0.3) is 0 Å². The van der Waals surface area contributed by atoms with E-state index in [1.54, 1.807) is 6.33 Å². The van der Waals surface area contributed by atoms with Gasteiger partial charge in [0.2, 0.25) is 5.91 Å². The Bertz CT molecular complexity index is 472. The predicted octanol–water partition coefficient (Wildman–Crippen LogP) is -0.0713. The van der Waals surface area contributed by atoms with Crippen LogP contribution in [0.2, 0.25) is 0 Å². The lowest BCUT2D eigenvalue weighted by Crippen LogP contribution is -2.49. The largest absolute Gasteiger partial charge is 0.392 e. The Morgan fingerprint density at radius 2 is 2.30 bits per heavy atom. The fraction of sp³-hybridized carbons (Fsp3) is 0.714. The lowest BCUT2D eigenvalue weighted by molar-refractivity contribution is -0.131. The molecule has 112 valence electrons. The monoisotopic (exact) mass is 280 g/mol. The van der Waals surface area contributed by atoms with Gasteiger partial charge in [-0.2, -0.15) is 0 Å². The van der Waals surface area contributed by atoms with E-state index >= 15 is 0 Å². The number of aryl methyl sites for hydroxylation is 1. The number of likely N-dealkylation sites (tertiary alicyclic amines) is 1. The molecular formula is C14H24N4O2. The lowest BCUT2D eigenvalue weighted by Gasteiger charge is -2.32. The number of nitrogens with zero attached hydrogens (tertiary/aromatic N) is 3. The molecule has 1 saturated heterocycles. The number of hydrogen-bond acceptors (Lipinski definition) is 4. The summed E-state index contributed by atoms with van der Waals surface area (Å²) in [6.07, 6.45) is 1.93. The van der Waals surface area contributed by atoms with Gasteiger partial charge >= 0.3 is 0 Å². The van der Waals surface area contributed by atoms with Crippen LogP contribution in [0.15, 0.2) is 6.33 Å². The number of aliphatic hydroxyl groups excluding tert-OH is 1. The first kappa shape index (κ1) is 15.0. The van der Waals surface area contributed by atoms with Crippen molar-refractivity contribution in [2.24, 2.45) is 5.92 Å². The standard InChI is InChI=1S/C14H24N4O2/c1-10-11(2)18(9-16-10)7-5-15-14(20)12-8-17(3)6-4-13(12)19/h9,12-13,19H,4-8H2,1-3H3,(H,15,20)/t12-,13+/m1/s1.